The Morgan fingerprint density at radius 1 is 1.71 bits per heavy atom. The van der Waals surface area contributed by atoms with Crippen molar-refractivity contribution in [3.8, 4) is 0 Å². The Bertz CT molecular complexity index is 279. The molecule has 2 rings (SSSR count). The quantitative estimate of drug-likeness (QED) is 0.748. The van der Waals surface area contributed by atoms with Crippen molar-refractivity contribution in [1.29, 1.82) is 0 Å². The summed E-state index contributed by atoms with van der Waals surface area (Å²) in [5, 5.41) is 6.46. The molecule has 1 aliphatic rings. The third-order valence-corrected chi connectivity index (χ3v) is 2.55. The first-order valence-corrected chi connectivity index (χ1v) is 5.22. The number of likely N-dealkylation sites (N-methyl/N-ethyl adjacent to an activating group) is 1. The summed E-state index contributed by atoms with van der Waals surface area (Å²) >= 11 is 0. The van der Waals surface area contributed by atoms with Crippen molar-refractivity contribution in [3.63, 3.8) is 0 Å². The summed E-state index contributed by atoms with van der Waals surface area (Å²) in [5.74, 6) is 1.83. The van der Waals surface area contributed by atoms with Crippen LogP contribution < -0.4 is 10.6 Å². The Morgan fingerprint density at radius 2 is 2.64 bits per heavy atom. The van der Waals surface area contributed by atoms with Gasteiger partial charge in [0.1, 0.15) is 5.76 Å². The molecule has 1 saturated heterocycles. The number of aromatic nitrogens is 1. The van der Waals surface area contributed by atoms with Gasteiger partial charge < -0.3 is 15.1 Å². The Morgan fingerprint density at radius 3 is 3.36 bits per heavy atom. The number of rotatable bonds is 4. The second kappa shape index (κ2) is 4.57. The van der Waals surface area contributed by atoms with Gasteiger partial charge in [-0.15, -0.1) is 0 Å². The van der Waals surface area contributed by atoms with Gasteiger partial charge in [-0.25, -0.2) is 4.98 Å². The molecule has 1 aromatic heterocycles. The predicted octanol–water partition coefficient (Wildman–Crippen LogP) is 0.861. The molecule has 4 nitrogen and oxygen atoms in total. The van der Waals surface area contributed by atoms with Crippen LogP contribution in [0.25, 0.3) is 0 Å². The van der Waals surface area contributed by atoms with E-state index in [0.29, 0.717) is 6.04 Å². The molecule has 1 unspecified atom stereocenters. The minimum absolute atomic E-state index is 0.346. The average molecular weight is 195 g/mol. The second-order valence-corrected chi connectivity index (χ2v) is 3.67. The lowest BCUT2D eigenvalue weighted by Gasteiger charge is -2.03. The standard InChI is InChI=1S/C10H17N3O/c1-11-6-4-8-7-13-10(14-8)9-3-2-5-12-9/h7,9,11-12H,2-6H2,1H3. The summed E-state index contributed by atoms with van der Waals surface area (Å²) in [4.78, 5) is 4.29. The van der Waals surface area contributed by atoms with Crippen LogP contribution in [0.3, 0.4) is 0 Å². The highest BCUT2D eigenvalue weighted by Gasteiger charge is 2.20. The fourth-order valence-electron chi connectivity index (χ4n) is 1.74. The lowest BCUT2D eigenvalue weighted by atomic mass is 10.2. The van der Waals surface area contributed by atoms with Gasteiger partial charge in [0.05, 0.1) is 12.2 Å². The highest BCUT2D eigenvalue weighted by atomic mass is 16.4. The fraction of sp³-hybridized carbons (Fsp3) is 0.700. The van der Waals surface area contributed by atoms with Crippen LogP contribution in [0, 0.1) is 0 Å². The first-order valence-electron chi connectivity index (χ1n) is 5.22. The molecule has 0 bridgehead atoms. The lowest BCUT2D eigenvalue weighted by Crippen LogP contribution is -2.13. The molecule has 1 fully saturated rings. The SMILES string of the molecule is CNCCc1cnc(C2CCCN2)o1. The Kier molecular flexibility index (Phi) is 3.16. The summed E-state index contributed by atoms with van der Waals surface area (Å²) in [7, 11) is 1.94. The van der Waals surface area contributed by atoms with Crippen molar-refractivity contribution in [2.24, 2.45) is 0 Å². The maximum atomic E-state index is 5.66. The predicted molar refractivity (Wildman–Crippen MR) is 54.1 cm³/mol. The van der Waals surface area contributed by atoms with Crippen molar-refractivity contribution in [2.45, 2.75) is 25.3 Å². The largest absolute Gasteiger partial charge is 0.444 e. The summed E-state index contributed by atoms with van der Waals surface area (Å²) < 4.78 is 5.66. The van der Waals surface area contributed by atoms with Crippen molar-refractivity contribution in [1.82, 2.24) is 15.6 Å². The van der Waals surface area contributed by atoms with Crippen LogP contribution in [0.1, 0.15) is 30.5 Å². The molecule has 78 valence electrons. The van der Waals surface area contributed by atoms with Crippen LogP contribution in [-0.4, -0.2) is 25.1 Å². The Labute approximate surface area is 84.1 Å². The minimum atomic E-state index is 0.346. The van der Waals surface area contributed by atoms with Gasteiger partial charge in [0.15, 0.2) is 0 Å². The van der Waals surface area contributed by atoms with Gasteiger partial charge in [-0.3, -0.25) is 0 Å². The smallest absolute Gasteiger partial charge is 0.211 e. The molecule has 2 N–H and O–H groups in total. The molecule has 1 atom stereocenters. The Hall–Kier alpha value is -0.870. The van der Waals surface area contributed by atoms with E-state index in [0.717, 1.165) is 37.6 Å². The second-order valence-electron chi connectivity index (χ2n) is 3.67. The van der Waals surface area contributed by atoms with Gasteiger partial charge in [-0.2, -0.15) is 0 Å². The molecule has 1 aliphatic heterocycles. The van der Waals surface area contributed by atoms with Crippen molar-refractivity contribution >= 4 is 0 Å². The molecule has 0 amide bonds. The number of hydrogen-bond donors (Lipinski definition) is 2. The normalized spacial score (nSPS) is 21.6. The van der Waals surface area contributed by atoms with E-state index in [-0.39, 0.29) is 0 Å². The van der Waals surface area contributed by atoms with Crippen LogP contribution in [0.5, 0.6) is 0 Å². The summed E-state index contributed by atoms with van der Waals surface area (Å²) in [6, 6.07) is 0.346. The van der Waals surface area contributed by atoms with E-state index in [1.54, 1.807) is 0 Å². The highest BCUT2D eigenvalue weighted by molar-refractivity contribution is 5.00. The van der Waals surface area contributed by atoms with Crippen LogP contribution >= 0.6 is 0 Å². The van der Waals surface area contributed by atoms with Crippen molar-refractivity contribution in [2.75, 3.05) is 20.1 Å². The van der Waals surface area contributed by atoms with Crippen LogP contribution in [-0.2, 0) is 6.42 Å². The summed E-state index contributed by atoms with van der Waals surface area (Å²) in [5.41, 5.74) is 0. The maximum Gasteiger partial charge on any atom is 0.211 e. The molecule has 0 aliphatic carbocycles. The molecule has 0 aromatic carbocycles. The lowest BCUT2D eigenvalue weighted by molar-refractivity contribution is 0.403. The highest BCUT2D eigenvalue weighted by Crippen LogP contribution is 2.22. The zero-order chi connectivity index (χ0) is 9.80. The zero-order valence-corrected chi connectivity index (χ0v) is 8.55. The topological polar surface area (TPSA) is 50.1 Å². The molecule has 0 saturated carbocycles. The molecular weight excluding hydrogens is 178 g/mol. The van der Waals surface area contributed by atoms with Gasteiger partial charge in [0.2, 0.25) is 5.89 Å². The van der Waals surface area contributed by atoms with Gasteiger partial charge in [0.25, 0.3) is 0 Å². The van der Waals surface area contributed by atoms with E-state index in [9.17, 15) is 0 Å². The van der Waals surface area contributed by atoms with Gasteiger partial charge in [0, 0.05) is 13.0 Å². The van der Waals surface area contributed by atoms with Gasteiger partial charge in [-0.05, 0) is 26.4 Å². The molecule has 2 heterocycles. The molecule has 0 spiro atoms. The molecule has 4 heteroatoms. The summed E-state index contributed by atoms with van der Waals surface area (Å²) in [6.45, 7) is 2.02. The molecule has 14 heavy (non-hydrogen) atoms. The fourth-order valence-corrected chi connectivity index (χ4v) is 1.74. The third kappa shape index (κ3) is 2.13. The third-order valence-electron chi connectivity index (χ3n) is 2.55. The molecule has 0 radical (unpaired) electrons. The minimum Gasteiger partial charge on any atom is -0.444 e. The van der Waals surface area contributed by atoms with Crippen LogP contribution in [0.4, 0.5) is 0 Å². The van der Waals surface area contributed by atoms with E-state index in [1.165, 1.54) is 6.42 Å². The molecular formula is C10H17N3O. The van der Waals surface area contributed by atoms with Crippen molar-refractivity contribution < 1.29 is 4.42 Å². The monoisotopic (exact) mass is 195 g/mol. The van der Waals surface area contributed by atoms with Gasteiger partial charge >= 0.3 is 0 Å². The number of nitrogens with one attached hydrogen (secondary N) is 2. The van der Waals surface area contributed by atoms with Gasteiger partial charge in [-0.1, -0.05) is 0 Å². The van der Waals surface area contributed by atoms with E-state index < -0.39 is 0 Å². The van der Waals surface area contributed by atoms with Crippen LogP contribution in [0.2, 0.25) is 0 Å². The average Bonchev–Trinajstić information content (AvgIpc) is 2.85. The van der Waals surface area contributed by atoms with E-state index in [1.807, 2.05) is 13.2 Å². The maximum absolute atomic E-state index is 5.66. The summed E-state index contributed by atoms with van der Waals surface area (Å²) in [6.07, 6.45) is 5.12. The zero-order valence-electron chi connectivity index (χ0n) is 8.55. The number of hydrogen-bond acceptors (Lipinski definition) is 4. The first kappa shape index (κ1) is 9.68. The van der Waals surface area contributed by atoms with E-state index in [2.05, 4.69) is 15.6 Å². The van der Waals surface area contributed by atoms with Crippen LogP contribution in [0.15, 0.2) is 10.6 Å². The van der Waals surface area contributed by atoms with Crippen molar-refractivity contribution in [3.05, 3.63) is 17.8 Å². The van der Waals surface area contributed by atoms with E-state index in [4.69, 9.17) is 4.42 Å². The Balaban J connectivity index is 1.94. The van der Waals surface area contributed by atoms with E-state index >= 15 is 0 Å². The number of nitrogens with zero attached hydrogens (tertiary/aromatic N) is 1. The number of oxazole rings is 1. The molecule has 1 aromatic rings. The first-order chi connectivity index (χ1) is 6.90.